The molecule has 2 heteroatoms. The van der Waals surface area contributed by atoms with E-state index in [4.69, 9.17) is 0 Å². The highest BCUT2D eigenvalue weighted by molar-refractivity contribution is 7.25. The maximum Gasteiger partial charge on any atom is 0.0355 e. The number of benzene rings is 3. The Bertz CT molecular complexity index is 985. The second-order valence-corrected chi connectivity index (χ2v) is 7.99. The Morgan fingerprint density at radius 3 is 2.28 bits per heavy atom. The van der Waals surface area contributed by atoms with Gasteiger partial charge in [0, 0.05) is 26.1 Å². The molecule has 0 aliphatic heterocycles. The van der Waals surface area contributed by atoms with E-state index in [0.29, 0.717) is 5.92 Å². The van der Waals surface area contributed by atoms with Gasteiger partial charge in [-0.05, 0) is 56.4 Å². The third-order valence-corrected chi connectivity index (χ3v) is 6.02. The Morgan fingerprint density at radius 1 is 0.760 bits per heavy atom. The van der Waals surface area contributed by atoms with Gasteiger partial charge >= 0.3 is 0 Å². The summed E-state index contributed by atoms with van der Waals surface area (Å²) < 4.78 is 2.75. The molecule has 4 aromatic rings. The Kier molecular flexibility index (Phi) is 4.56. The number of nitrogens with zero attached hydrogens (tertiary/aromatic N) is 1. The molecule has 0 aliphatic carbocycles. The summed E-state index contributed by atoms with van der Waals surface area (Å²) in [7, 11) is 4.30. The van der Waals surface area contributed by atoms with E-state index in [1.165, 1.54) is 31.3 Å². The first kappa shape index (κ1) is 16.3. The van der Waals surface area contributed by atoms with E-state index < -0.39 is 0 Å². The molecule has 0 saturated carbocycles. The molecule has 4 rings (SSSR count). The van der Waals surface area contributed by atoms with Crippen LogP contribution < -0.4 is 0 Å². The van der Waals surface area contributed by atoms with Gasteiger partial charge in [0.25, 0.3) is 0 Å². The molecule has 0 amide bonds. The Balaban J connectivity index is 1.81. The van der Waals surface area contributed by atoms with Crippen LogP contribution in [0.4, 0.5) is 0 Å². The standard InChI is InChI=1S/C23H23NS/c1-24(2)15-14-19(17-8-4-3-5-9-17)18-12-13-23-21(16-18)20-10-6-7-11-22(20)25-23/h3-13,16,19H,14-15H2,1-2H3. The molecule has 0 aliphatic rings. The van der Waals surface area contributed by atoms with Crippen molar-refractivity contribution in [1.82, 2.24) is 4.90 Å². The predicted octanol–water partition coefficient (Wildman–Crippen LogP) is 6.14. The lowest BCUT2D eigenvalue weighted by atomic mass is 9.87. The highest BCUT2D eigenvalue weighted by Gasteiger charge is 2.16. The minimum Gasteiger partial charge on any atom is -0.309 e. The SMILES string of the molecule is CN(C)CCC(c1ccccc1)c1ccc2sc3ccccc3c2c1. The quantitative estimate of drug-likeness (QED) is 0.420. The van der Waals surface area contributed by atoms with Crippen molar-refractivity contribution >= 4 is 31.5 Å². The van der Waals surface area contributed by atoms with E-state index >= 15 is 0 Å². The van der Waals surface area contributed by atoms with Crippen molar-refractivity contribution in [3.63, 3.8) is 0 Å². The molecule has 1 atom stereocenters. The van der Waals surface area contributed by atoms with E-state index in [1.54, 1.807) is 0 Å². The maximum absolute atomic E-state index is 2.42. The van der Waals surface area contributed by atoms with Crippen molar-refractivity contribution in [3.05, 3.63) is 83.9 Å². The summed E-state index contributed by atoms with van der Waals surface area (Å²) in [6, 6.07) is 26.7. The van der Waals surface area contributed by atoms with E-state index in [-0.39, 0.29) is 0 Å². The zero-order valence-electron chi connectivity index (χ0n) is 14.8. The third-order valence-electron chi connectivity index (χ3n) is 4.87. The molecule has 1 aromatic heterocycles. The van der Waals surface area contributed by atoms with Crippen LogP contribution in [0.3, 0.4) is 0 Å². The fourth-order valence-corrected chi connectivity index (χ4v) is 4.65. The Labute approximate surface area is 153 Å². The van der Waals surface area contributed by atoms with Gasteiger partial charge < -0.3 is 4.90 Å². The maximum atomic E-state index is 2.42. The largest absolute Gasteiger partial charge is 0.309 e. The summed E-state index contributed by atoms with van der Waals surface area (Å²) in [5.74, 6) is 0.437. The van der Waals surface area contributed by atoms with Crippen molar-refractivity contribution in [2.24, 2.45) is 0 Å². The predicted molar refractivity (Wildman–Crippen MR) is 111 cm³/mol. The van der Waals surface area contributed by atoms with Crippen LogP contribution in [0.25, 0.3) is 20.2 Å². The van der Waals surface area contributed by atoms with Gasteiger partial charge in [-0.3, -0.25) is 0 Å². The van der Waals surface area contributed by atoms with Crippen LogP contribution in [-0.4, -0.2) is 25.5 Å². The summed E-state index contributed by atoms with van der Waals surface area (Å²) in [4.78, 5) is 2.27. The van der Waals surface area contributed by atoms with Gasteiger partial charge in [0.2, 0.25) is 0 Å². The first-order valence-electron chi connectivity index (χ1n) is 8.83. The van der Waals surface area contributed by atoms with Gasteiger partial charge in [-0.15, -0.1) is 11.3 Å². The molecule has 25 heavy (non-hydrogen) atoms. The zero-order chi connectivity index (χ0) is 17.2. The number of thiophene rings is 1. The van der Waals surface area contributed by atoms with Crippen LogP contribution in [0.2, 0.25) is 0 Å². The highest BCUT2D eigenvalue weighted by Crippen LogP contribution is 2.37. The molecule has 0 N–H and O–H groups in total. The van der Waals surface area contributed by atoms with Crippen LogP contribution in [0, 0.1) is 0 Å². The lowest BCUT2D eigenvalue weighted by Gasteiger charge is -2.20. The molecule has 0 spiro atoms. The first-order valence-corrected chi connectivity index (χ1v) is 9.65. The van der Waals surface area contributed by atoms with Gasteiger partial charge in [-0.25, -0.2) is 0 Å². The van der Waals surface area contributed by atoms with Gasteiger partial charge in [0.1, 0.15) is 0 Å². The summed E-state index contributed by atoms with van der Waals surface area (Å²) >= 11 is 1.89. The van der Waals surface area contributed by atoms with Crippen molar-refractivity contribution in [2.75, 3.05) is 20.6 Å². The van der Waals surface area contributed by atoms with Crippen LogP contribution in [-0.2, 0) is 0 Å². The molecule has 1 heterocycles. The van der Waals surface area contributed by atoms with E-state index in [1.807, 2.05) is 11.3 Å². The topological polar surface area (TPSA) is 3.24 Å². The smallest absolute Gasteiger partial charge is 0.0355 e. The fourth-order valence-electron chi connectivity index (χ4n) is 3.56. The monoisotopic (exact) mass is 345 g/mol. The highest BCUT2D eigenvalue weighted by atomic mass is 32.1. The minimum atomic E-state index is 0.437. The summed E-state index contributed by atoms with van der Waals surface area (Å²) in [6.07, 6.45) is 1.13. The Morgan fingerprint density at radius 2 is 1.48 bits per heavy atom. The van der Waals surface area contributed by atoms with Crippen LogP contribution in [0.15, 0.2) is 72.8 Å². The molecule has 0 radical (unpaired) electrons. The van der Waals surface area contributed by atoms with Crippen molar-refractivity contribution in [2.45, 2.75) is 12.3 Å². The van der Waals surface area contributed by atoms with Gasteiger partial charge in [0.05, 0.1) is 0 Å². The zero-order valence-corrected chi connectivity index (χ0v) is 15.6. The second kappa shape index (κ2) is 6.99. The number of hydrogen-bond donors (Lipinski definition) is 0. The van der Waals surface area contributed by atoms with Gasteiger partial charge in [0.15, 0.2) is 0 Å². The molecule has 3 aromatic carbocycles. The van der Waals surface area contributed by atoms with Crippen LogP contribution in [0.1, 0.15) is 23.5 Å². The molecule has 1 unspecified atom stereocenters. The normalized spacial score (nSPS) is 12.9. The van der Waals surface area contributed by atoms with E-state index in [2.05, 4.69) is 91.8 Å². The average molecular weight is 346 g/mol. The minimum absolute atomic E-state index is 0.437. The Hall–Kier alpha value is -2.16. The molecule has 126 valence electrons. The lowest BCUT2D eigenvalue weighted by molar-refractivity contribution is 0.390. The molecule has 1 nitrogen and oxygen atoms in total. The van der Waals surface area contributed by atoms with Gasteiger partial charge in [-0.2, -0.15) is 0 Å². The van der Waals surface area contributed by atoms with Gasteiger partial charge in [-0.1, -0.05) is 54.6 Å². The van der Waals surface area contributed by atoms with Crippen molar-refractivity contribution in [1.29, 1.82) is 0 Å². The summed E-state index contributed by atoms with van der Waals surface area (Å²) in [5, 5.41) is 2.77. The van der Waals surface area contributed by atoms with Crippen molar-refractivity contribution < 1.29 is 0 Å². The van der Waals surface area contributed by atoms with E-state index in [0.717, 1.165) is 13.0 Å². The third kappa shape index (κ3) is 3.33. The molecular formula is C23H23NS. The van der Waals surface area contributed by atoms with Crippen LogP contribution >= 0.6 is 11.3 Å². The number of hydrogen-bond acceptors (Lipinski definition) is 2. The molecule has 0 fully saturated rings. The second-order valence-electron chi connectivity index (χ2n) is 6.91. The van der Waals surface area contributed by atoms with E-state index in [9.17, 15) is 0 Å². The average Bonchev–Trinajstić information content (AvgIpc) is 3.01. The molecule has 0 bridgehead atoms. The number of fused-ring (bicyclic) bond motifs is 3. The van der Waals surface area contributed by atoms with Crippen molar-refractivity contribution in [3.8, 4) is 0 Å². The first-order chi connectivity index (χ1) is 12.2. The number of rotatable bonds is 5. The fraction of sp³-hybridized carbons (Fsp3) is 0.217. The van der Waals surface area contributed by atoms with Crippen LogP contribution in [0.5, 0.6) is 0 Å². The molecule has 0 saturated heterocycles. The summed E-state index contributed by atoms with van der Waals surface area (Å²) in [5.41, 5.74) is 2.83. The summed E-state index contributed by atoms with van der Waals surface area (Å²) in [6.45, 7) is 1.09. The molecular weight excluding hydrogens is 322 g/mol. The lowest BCUT2D eigenvalue weighted by Crippen LogP contribution is -2.16.